The predicted molar refractivity (Wildman–Crippen MR) is 120 cm³/mol. The van der Waals surface area contributed by atoms with Crippen molar-refractivity contribution in [2.45, 2.75) is 12.6 Å². The number of nitrogens with zero attached hydrogens (tertiary/aromatic N) is 1. The standard InChI is InChI=1S/C25H26N2O4/c1-29-21-14-13-19(22(30-2)23(21)31-3)24-26-20-12-8-7-11-18(20)25(28)27(24)16-15-17-9-5-4-6-10-17/h4-14,24,26H,15-16H2,1-3H3/t24-/m1/s1. The Hall–Kier alpha value is -3.67. The van der Waals surface area contributed by atoms with E-state index in [0.717, 1.165) is 17.7 Å². The normalized spacial score (nSPS) is 15.1. The summed E-state index contributed by atoms with van der Waals surface area (Å²) in [6, 6.07) is 21.5. The molecule has 0 spiro atoms. The molecule has 4 rings (SSSR count). The lowest BCUT2D eigenvalue weighted by molar-refractivity contribution is 0.0683. The third-order valence-corrected chi connectivity index (χ3v) is 5.54. The van der Waals surface area contributed by atoms with Crippen LogP contribution in [0.5, 0.6) is 17.2 Å². The highest BCUT2D eigenvalue weighted by Gasteiger charge is 2.35. The number of hydrogen-bond acceptors (Lipinski definition) is 5. The number of anilines is 1. The van der Waals surface area contributed by atoms with Crippen molar-refractivity contribution >= 4 is 11.6 Å². The fourth-order valence-electron chi connectivity index (χ4n) is 4.00. The highest BCUT2D eigenvalue weighted by Crippen LogP contribution is 2.45. The lowest BCUT2D eigenvalue weighted by Gasteiger charge is -2.39. The van der Waals surface area contributed by atoms with Crippen LogP contribution in [0.3, 0.4) is 0 Å². The highest BCUT2D eigenvalue weighted by molar-refractivity contribution is 6.01. The van der Waals surface area contributed by atoms with Crippen LogP contribution < -0.4 is 19.5 Å². The quantitative estimate of drug-likeness (QED) is 0.611. The van der Waals surface area contributed by atoms with Crippen LogP contribution in [0.25, 0.3) is 0 Å². The van der Waals surface area contributed by atoms with Crippen molar-refractivity contribution in [1.82, 2.24) is 4.90 Å². The van der Waals surface area contributed by atoms with Gasteiger partial charge in [-0.2, -0.15) is 0 Å². The van der Waals surface area contributed by atoms with Gasteiger partial charge in [0, 0.05) is 17.8 Å². The minimum Gasteiger partial charge on any atom is -0.493 e. The number of amides is 1. The van der Waals surface area contributed by atoms with Gasteiger partial charge in [-0.15, -0.1) is 0 Å². The fraction of sp³-hybridized carbons (Fsp3) is 0.240. The number of carbonyl (C=O) groups is 1. The first-order valence-electron chi connectivity index (χ1n) is 10.2. The first-order valence-corrected chi connectivity index (χ1v) is 10.2. The highest BCUT2D eigenvalue weighted by atomic mass is 16.5. The molecule has 160 valence electrons. The first kappa shape index (κ1) is 20.6. The summed E-state index contributed by atoms with van der Waals surface area (Å²) in [7, 11) is 4.75. The molecule has 1 aliphatic heterocycles. The van der Waals surface area contributed by atoms with Gasteiger partial charge in [-0.05, 0) is 36.2 Å². The van der Waals surface area contributed by atoms with E-state index in [9.17, 15) is 4.79 Å². The molecule has 1 aliphatic rings. The molecule has 0 saturated heterocycles. The second kappa shape index (κ2) is 9.00. The van der Waals surface area contributed by atoms with Crippen LogP contribution in [0.2, 0.25) is 0 Å². The van der Waals surface area contributed by atoms with Crippen LogP contribution in [0.15, 0.2) is 66.7 Å². The summed E-state index contributed by atoms with van der Waals surface area (Å²) in [5, 5.41) is 3.52. The van der Waals surface area contributed by atoms with Crippen molar-refractivity contribution < 1.29 is 19.0 Å². The second-order valence-electron chi connectivity index (χ2n) is 7.25. The molecular weight excluding hydrogens is 392 g/mol. The van der Waals surface area contributed by atoms with Crippen LogP contribution in [-0.4, -0.2) is 38.7 Å². The predicted octanol–water partition coefficient (Wildman–Crippen LogP) is 4.52. The molecule has 3 aromatic rings. The van der Waals surface area contributed by atoms with E-state index in [1.54, 1.807) is 21.3 Å². The van der Waals surface area contributed by atoms with Crippen molar-refractivity contribution in [3.8, 4) is 17.2 Å². The molecule has 1 heterocycles. The molecule has 1 amide bonds. The third kappa shape index (κ3) is 3.89. The van der Waals surface area contributed by atoms with E-state index in [1.807, 2.05) is 59.5 Å². The molecule has 1 atom stereocenters. The molecule has 0 fully saturated rings. The maximum atomic E-state index is 13.5. The Kier molecular flexibility index (Phi) is 5.98. The molecule has 31 heavy (non-hydrogen) atoms. The number of methoxy groups -OCH3 is 3. The minimum atomic E-state index is -0.416. The zero-order valence-electron chi connectivity index (χ0n) is 17.9. The number of fused-ring (bicyclic) bond motifs is 1. The molecule has 0 unspecified atom stereocenters. The van der Waals surface area contributed by atoms with E-state index in [4.69, 9.17) is 14.2 Å². The van der Waals surface area contributed by atoms with Crippen LogP contribution in [0.1, 0.15) is 27.7 Å². The Morgan fingerprint density at radius 3 is 2.26 bits per heavy atom. The molecule has 1 N–H and O–H groups in total. The van der Waals surface area contributed by atoms with Gasteiger partial charge in [-0.25, -0.2) is 0 Å². The molecule has 6 heteroatoms. The maximum Gasteiger partial charge on any atom is 0.257 e. The molecule has 0 bridgehead atoms. The van der Waals surface area contributed by atoms with Crippen LogP contribution in [0, 0.1) is 0 Å². The Bertz CT molecular complexity index is 1070. The van der Waals surface area contributed by atoms with Gasteiger partial charge in [0.1, 0.15) is 6.17 Å². The van der Waals surface area contributed by atoms with Gasteiger partial charge < -0.3 is 24.4 Å². The summed E-state index contributed by atoms with van der Waals surface area (Å²) in [6.07, 6.45) is 0.323. The topological polar surface area (TPSA) is 60.0 Å². The van der Waals surface area contributed by atoms with Crippen molar-refractivity contribution in [1.29, 1.82) is 0 Å². The molecule has 0 saturated carbocycles. The maximum absolute atomic E-state index is 13.5. The van der Waals surface area contributed by atoms with Gasteiger partial charge in [-0.3, -0.25) is 4.79 Å². The Morgan fingerprint density at radius 2 is 1.55 bits per heavy atom. The zero-order chi connectivity index (χ0) is 21.8. The number of carbonyl (C=O) groups excluding carboxylic acids is 1. The van der Waals surface area contributed by atoms with Crippen molar-refractivity contribution in [2.75, 3.05) is 33.2 Å². The number of benzene rings is 3. The molecule has 6 nitrogen and oxygen atoms in total. The molecule has 0 radical (unpaired) electrons. The largest absolute Gasteiger partial charge is 0.493 e. The zero-order valence-corrected chi connectivity index (χ0v) is 17.9. The average Bonchev–Trinajstić information content (AvgIpc) is 2.83. The monoisotopic (exact) mass is 418 g/mol. The van der Waals surface area contributed by atoms with Gasteiger partial charge in [-0.1, -0.05) is 42.5 Å². The smallest absolute Gasteiger partial charge is 0.257 e. The lowest BCUT2D eigenvalue weighted by Crippen LogP contribution is -2.44. The Balaban J connectivity index is 1.77. The van der Waals surface area contributed by atoms with E-state index in [1.165, 1.54) is 5.56 Å². The molecule has 0 aliphatic carbocycles. The van der Waals surface area contributed by atoms with Crippen LogP contribution >= 0.6 is 0 Å². The number of ether oxygens (including phenoxy) is 3. The lowest BCUT2D eigenvalue weighted by atomic mass is 10.0. The third-order valence-electron chi connectivity index (χ3n) is 5.54. The number of rotatable bonds is 7. The van der Waals surface area contributed by atoms with Gasteiger partial charge in [0.2, 0.25) is 5.75 Å². The van der Waals surface area contributed by atoms with E-state index < -0.39 is 6.17 Å². The Labute approximate surface area is 182 Å². The van der Waals surface area contributed by atoms with E-state index in [2.05, 4.69) is 17.4 Å². The summed E-state index contributed by atoms with van der Waals surface area (Å²) < 4.78 is 16.7. The summed E-state index contributed by atoms with van der Waals surface area (Å²) in [5.74, 6) is 1.59. The average molecular weight is 418 g/mol. The van der Waals surface area contributed by atoms with Crippen molar-refractivity contribution in [3.05, 3.63) is 83.4 Å². The van der Waals surface area contributed by atoms with E-state index in [0.29, 0.717) is 29.4 Å². The van der Waals surface area contributed by atoms with Crippen LogP contribution in [0.4, 0.5) is 5.69 Å². The number of para-hydroxylation sites is 1. The first-order chi connectivity index (χ1) is 15.2. The van der Waals surface area contributed by atoms with Gasteiger partial charge in [0.15, 0.2) is 11.5 Å². The molecule has 3 aromatic carbocycles. The van der Waals surface area contributed by atoms with Crippen molar-refractivity contribution in [2.24, 2.45) is 0 Å². The van der Waals surface area contributed by atoms with Crippen LogP contribution in [-0.2, 0) is 6.42 Å². The summed E-state index contributed by atoms with van der Waals surface area (Å²) in [6.45, 7) is 0.548. The van der Waals surface area contributed by atoms with Gasteiger partial charge in [0.05, 0.1) is 26.9 Å². The molecular formula is C25H26N2O4. The summed E-state index contributed by atoms with van der Waals surface area (Å²) in [5.41, 5.74) is 3.43. The number of nitrogens with one attached hydrogen (secondary N) is 1. The van der Waals surface area contributed by atoms with Crippen molar-refractivity contribution in [3.63, 3.8) is 0 Å². The number of hydrogen-bond donors (Lipinski definition) is 1. The molecule has 0 aromatic heterocycles. The summed E-state index contributed by atoms with van der Waals surface area (Å²) in [4.78, 5) is 15.3. The van der Waals surface area contributed by atoms with Gasteiger partial charge >= 0.3 is 0 Å². The summed E-state index contributed by atoms with van der Waals surface area (Å²) >= 11 is 0. The fourth-order valence-corrected chi connectivity index (χ4v) is 4.00. The SMILES string of the molecule is COc1ccc([C@@H]2Nc3ccccc3C(=O)N2CCc2ccccc2)c(OC)c1OC. The van der Waals surface area contributed by atoms with Gasteiger partial charge in [0.25, 0.3) is 5.91 Å². The second-order valence-corrected chi connectivity index (χ2v) is 7.25. The van der Waals surface area contributed by atoms with E-state index in [-0.39, 0.29) is 5.91 Å². The minimum absolute atomic E-state index is 0.0212. The van der Waals surface area contributed by atoms with E-state index >= 15 is 0 Å². The Morgan fingerprint density at radius 1 is 0.839 bits per heavy atom.